The molecule has 0 amide bonds. The lowest BCUT2D eigenvalue weighted by Crippen LogP contribution is -2.21. The minimum absolute atomic E-state index is 0.780. The third-order valence-corrected chi connectivity index (χ3v) is 6.68. The summed E-state index contributed by atoms with van der Waals surface area (Å²) >= 11 is 1.70. The molecule has 0 aliphatic rings. The molecule has 0 spiro atoms. The maximum absolute atomic E-state index is 4.65. The predicted octanol–water partition coefficient (Wildman–Crippen LogP) is 4.80. The van der Waals surface area contributed by atoms with Crippen LogP contribution in [0.3, 0.4) is 0 Å². The molecule has 0 atom stereocenters. The highest BCUT2D eigenvalue weighted by molar-refractivity contribution is 7.16. The lowest BCUT2D eigenvalue weighted by molar-refractivity contribution is 1.06. The van der Waals surface area contributed by atoms with Crippen LogP contribution in [0.15, 0.2) is 61.7 Å². The van der Waals surface area contributed by atoms with Gasteiger partial charge in [0.25, 0.3) is 0 Å². The Bertz CT molecular complexity index is 1620. The molecule has 0 fully saturated rings. The van der Waals surface area contributed by atoms with Gasteiger partial charge in [-0.1, -0.05) is 19.2 Å². The summed E-state index contributed by atoms with van der Waals surface area (Å²) in [5.41, 5.74) is 6.52. The summed E-state index contributed by atoms with van der Waals surface area (Å²) in [6, 6.07) is 8.26. The van der Waals surface area contributed by atoms with Gasteiger partial charge in [-0.15, -0.1) is 11.3 Å². The van der Waals surface area contributed by atoms with Gasteiger partial charge in [-0.05, 0) is 55.3 Å². The van der Waals surface area contributed by atoms with Gasteiger partial charge in [-0.3, -0.25) is 20.1 Å². The van der Waals surface area contributed by atoms with Crippen molar-refractivity contribution in [2.45, 2.75) is 13.8 Å². The van der Waals surface area contributed by atoms with Crippen LogP contribution in [0.5, 0.6) is 0 Å². The number of hydrogen-bond donors (Lipinski definition) is 2. The predicted molar refractivity (Wildman–Crippen MR) is 137 cm³/mol. The molecular formula is C26H22N6S. The van der Waals surface area contributed by atoms with Gasteiger partial charge in [0.15, 0.2) is 0 Å². The number of allylic oxidation sites excluding steroid dienone is 3. The van der Waals surface area contributed by atoms with Crippen LogP contribution in [0.4, 0.5) is 0 Å². The average molecular weight is 451 g/mol. The van der Waals surface area contributed by atoms with Crippen LogP contribution in [0, 0.1) is 0 Å². The van der Waals surface area contributed by atoms with E-state index < -0.39 is 0 Å². The quantitative estimate of drug-likeness (QED) is 0.403. The standard InChI is InChI=1S/C26H22N6S/c1-15(2)23-7-8-24(33-23)26-18-13-21(30-20(18)9-10-29-26)25-17(4)19(31-32-25)6-5-16(3)22-14-27-11-12-28-22/h5-14,30-31H,1,4H2,2-3H3/b16-5+,19-6+. The van der Waals surface area contributed by atoms with Gasteiger partial charge >= 0.3 is 0 Å². The molecule has 6 nitrogen and oxygen atoms in total. The summed E-state index contributed by atoms with van der Waals surface area (Å²) in [4.78, 5) is 18.8. The molecule has 7 heteroatoms. The number of hydrogen-bond acceptors (Lipinski definition) is 5. The van der Waals surface area contributed by atoms with Gasteiger partial charge < -0.3 is 4.98 Å². The molecule has 5 heterocycles. The third-order valence-electron chi connectivity index (χ3n) is 5.43. The van der Waals surface area contributed by atoms with E-state index >= 15 is 0 Å². The average Bonchev–Trinajstić information content (AvgIpc) is 3.56. The van der Waals surface area contributed by atoms with Crippen molar-refractivity contribution in [2.24, 2.45) is 0 Å². The van der Waals surface area contributed by atoms with E-state index in [1.54, 1.807) is 29.9 Å². The second kappa shape index (κ2) is 8.44. The summed E-state index contributed by atoms with van der Waals surface area (Å²) < 4.78 is 0. The molecule has 0 saturated carbocycles. The molecule has 0 aromatic carbocycles. The minimum atomic E-state index is 0.780. The van der Waals surface area contributed by atoms with E-state index in [2.05, 4.69) is 61.5 Å². The van der Waals surface area contributed by atoms with Gasteiger partial charge in [0.1, 0.15) is 5.69 Å². The highest BCUT2D eigenvalue weighted by Gasteiger charge is 2.14. The summed E-state index contributed by atoms with van der Waals surface area (Å²) in [5.74, 6) is 0. The SMILES string of the molecule is C=C(C)c1ccc(-c2nccc3[nH]c(-c4n[nH]/c(=C/C=C(\C)c5cnccn5)c4=C)cc23)s1. The number of rotatable bonds is 5. The molecule has 0 radical (unpaired) electrons. The first kappa shape index (κ1) is 20.8. The normalized spacial score (nSPS) is 12.5. The van der Waals surface area contributed by atoms with Crippen LogP contribution in [0.25, 0.3) is 56.7 Å². The first-order valence-corrected chi connectivity index (χ1v) is 11.3. The fourth-order valence-electron chi connectivity index (χ4n) is 3.61. The number of pyridine rings is 1. The molecule has 5 aromatic heterocycles. The Morgan fingerprint density at radius 2 is 1.94 bits per heavy atom. The Morgan fingerprint density at radius 1 is 1.06 bits per heavy atom. The summed E-state index contributed by atoms with van der Waals surface area (Å²) in [7, 11) is 0. The fraction of sp³-hybridized carbons (Fsp3) is 0.0769. The first-order valence-electron chi connectivity index (χ1n) is 10.4. The molecule has 5 aromatic rings. The van der Waals surface area contributed by atoms with Crippen LogP contribution in [-0.2, 0) is 0 Å². The number of nitrogens with zero attached hydrogens (tertiary/aromatic N) is 4. The van der Waals surface area contributed by atoms with Crippen LogP contribution in [0.2, 0.25) is 0 Å². The van der Waals surface area contributed by atoms with Crippen molar-refractivity contribution in [2.75, 3.05) is 0 Å². The molecular weight excluding hydrogens is 428 g/mol. The number of nitrogens with one attached hydrogen (secondary N) is 2. The number of fused-ring (bicyclic) bond motifs is 1. The van der Waals surface area contributed by atoms with E-state index in [0.29, 0.717) is 0 Å². The van der Waals surface area contributed by atoms with Crippen LogP contribution < -0.4 is 10.6 Å². The number of aromatic nitrogens is 6. The molecule has 0 aliphatic carbocycles. The van der Waals surface area contributed by atoms with E-state index in [9.17, 15) is 0 Å². The lowest BCUT2D eigenvalue weighted by Gasteiger charge is -1.98. The zero-order valence-corrected chi connectivity index (χ0v) is 19.2. The molecule has 0 unspecified atom stereocenters. The van der Waals surface area contributed by atoms with Crippen molar-refractivity contribution < 1.29 is 0 Å². The van der Waals surface area contributed by atoms with E-state index in [-0.39, 0.29) is 0 Å². The highest BCUT2D eigenvalue weighted by Crippen LogP contribution is 2.35. The number of thiophene rings is 1. The number of H-pyrrole nitrogens is 2. The smallest absolute Gasteiger partial charge is 0.116 e. The molecule has 0 aliphatic heterocycles. The second-order valence-corrected chi connectivity index (χ2v) is 8.90. The Morgan fingerprint density at radius 3 is 2.70 bits per heavy atom. The van der Waals surface area contributed by atoms with Crippen LogP contribution >= 0.6 is 11.3 Å². The van der Waals surface area contributed by atoms with Crippen molar-refractivity contribution in [3.8, 4) is 22.0 Å². The van der Waals surface area contributed by atoms with Crippen molar-refractivity contribution in [1.82, 2.24) is 30.1 Å². The van der Waals surface area contributed by atoms with Gasteiger partial charge in [0.05, 0.1) is 33.5 Å². The third kappa shape index (κ3) is 3.94. The number of aromatic amines is 2. The van der Waals surface area contributed by atoms with E-state index in [1.165, 1.54) is 0 Å². The molecule has 162 valence electrons. The van der Waals surface area contributed by atoms with Gasteiger partial charge in [0.2, 0.25) is 0 Å². The fourth-order valence-corrected chi connectivity index (χ4v) is 4.55. The van der Waals surface area contributed by atoms with E-state index in [4.69, 9.17) is 0 Å². The Balaban J connectivity index is 1.54. The van der Waals surface area contributed by atoms with Crippen molar-refractivity contribution >= 4 is 46.0 Å². The van der Waals surface area contributed by atoms with Crippen molar-refractivity contribution in [3.05, 3.63) is 82.8 Å². The molecule has 0 saturated heterocycles. The monoisotopic (exact) mass is 450 g/mol. The van der Waals surface area contributed by atoms with E-state index in [1.807, 2.05) is 38.3 Å². The molecule has 33 heavy (non-hydrogen) atoms. The minimum Gasteiger partial charge on any atom is -0.353 e. The first-order chi connectivity index (χ1) is 16.0. The Kier molecular flexibility index (Phi) is 5.32. The van der Waals surface area contributed by atoms with Crippen molar-refractivity contribution in [3.63, 3.8) is 0 Å². The summed E-state index contributed by atoms with van der Waals surface area (Å²) in [6.07, 6.45) is 10.9. The highest BCUT2D eigenvalue weighted by atomic mass is 32.1. The van der Waals surface area contributed by atoms with E-state index in [0.717, 1.165) is 65.1 Å². The second-order valence-electron chi connectivity index (χ2n) is 7.82. The Labute approximate surface area is 194 Å². The molecule has 0 bridgehead atoms. The summed E-state index contributed by atoms with van der Waals surface area (Å²) in [5, 5.41) is 10.3. The summed E-state index contributed by atoms with van der Waals surface area (Å²) in [6.45, 7) is 12.3. The topological polar surface area (TPSA) is 83.1 Å². The van der Waals surface area contributed by atoms with Gasteiger partial charge in [-0.2, -0.15) is 5.10 Å². The van der Waals surface area contributed by atoms with Crippen LogP contribution in [-0.4, -0.2) is 30.1 Å². The zero-order chi connectivity index (χ0) is 22.9. The largest absolute Gasteiger partial charge is 0.353 e. The van der Waals surface area contributed by atoms with Gasteiger partial charge in [-0.25, -0.2) is 0 Å². The van der Waals surface area contributed by atoms with Gasteiger partial charge in [0, 0.05) is 39.6 Å². The van der Waals surface area contributed by atoms with Crippen LogP contribution in [0.1, 0.15) is 24.4 Å². The zero-order valence-electron chi connectivity index (χ0n) is 18.4. The Hall–Kier alpha value is -4.10. The maximum Gasteiger partial charge on any atom is 0.116 e. The van der Waals surface area contributed by atoms with Crippen molar-refractivity contribution in [1.29, 1.82) is 0 Å². The lowest BCUT2D eigenvalue weighted by atomic mass is 10.2. The molecule has 2 N–H and O–H groups in total. The molecule has 5 rings (SSSR count). The maximum atomic E-state index is 4.65.